The summed E-state index contributed by atoms with van der Waals surface area (Å²) in [5.41, 5.74) is 0. The van der Waals surface area contributed by atoms with Crippen LogP contribution in [0.2, 0.25) is 0 Å². The van der Waals surface area contributed by atoms with Gasteiger partial charge in [-0.3, -0.25) is 0 Å². The van der Waals surface area contributed by atoms with Crippen LogP contribution >= 0.6 is 0 Å². The van der Waals surface area contributed by atoms with Crippen LogP contribution in [0, 0.1) is 0 Å². The minimum absolute atomic E-state index is 0. The van der Waals surface area contributed by atoms with Gasteiger partial charge in [0.1, 0.15) is 0 Å². The smallest absolute Gasteiger partial charge is 0 e. The van der Waals surface area contributed by atoms with Crippen LogP contribution in [0.3, 0.4) is 0 Å². The van der Waals surface area contributed by atoms with Crippen LogP contribution in [-0.2, 0) is 67.4 Å². The largest absolute Gasteiger partial charge is 0.0149 e. The van der Waals surface area contributed by atoms with Gasteiger partial charge < -0.3 is 0 Å². The zero-order valence-corrected chi connectivity index (χ0v) is 5.38. The Kier molecular flexibility index (Phi) is 686. The maximum Gasteiger partial charge on any atom is 0 e. The summed E-state index contributed by atoms with van der Waals surface area (Å²) in [6.45, 7) is 0. The SMILES string of the molecule is [BeH2].[Co].[Cu].[Fe].[Ni].[SiH4]. The number of hydrogen-bond acceptors (Lipinski definition) is 0. The monoisotopic (exact) mass is 279 g/mol. The van der Waals surface area contributed by atoms with E-state index in [1.54, 1.807) is 0 Å². The Hall–Kier alpha value is 2.42. The predicted molar refractivity (Wildman–Crippen MR) is 19.9 cm³/mol. The molecule has 0 atom stereocenters. The van der Waals surface area contributed by atoms with Crippen molar-refractivity contribution < 1.29 is 67.4 Å². The van der Waals surface area contributed by atoms with Crippen molar-refractivity contribution in [1.29, 1.82) is 0 Å². The van der Waals surface area contributed by atoms with Crippen molar-refractivity contribution in [3.8, 4) is 0 Å². The van der Waals surface area contributed by atoms with Gasteiger partial charge in [-0.25, -0.2) is 0 Å². The van der Waals surface area contributed by atoms with Crippen LogP contribution in [0.15, 0.2) is 0 Å². The molecule has 2 radical (unpaired) electrons. The van der Waals surface area contributed by atoms with E-state index in [4.69, 9.17) is 0 Å². The second-order valence-corrected chi connectivity index (χ2v) is 0. The maximum absolute atomic E-state index is 0. The summed E-state index contributed by atoms with van der Waals surface area (Å²) in [6.07, 6.45) is 0. The summed E-state index contributed by atoms with van der Waals surface area (Å²) < 4.78 is 0. The molecule has 50 valence electrons. The van der Waals surface area contributed by atoms with E-state index in [1.165, 1.54) is 0 Å². The van der Waals surface area contributed by atoms with Crippen LogP contribution < -0.4 is 0 Å². The van der Waals surface area contributed by atoms with Gasteiger partial charge in [-0.05, 0) is 11.0 Å². The zero-order valence-electron chi connectivity index (χ0n) is 1.30. The third-order valence-electron chi connectivity index (χ3n) is 0. The van der Waals surface area contributed by atoms with Crippen molar-refractivity contribution in [3.05, 3.63) is 0 Å². The minimum atomic E-state index is 0. The molecular weight excluding hydrogens is 274 g/mol. The van der Waals surface area contributed by atoms with Crippen molar-refractivity contribution >= 4 is 21.1 Å². The Labute approximate surface area is 87.7 Å². The van der Waals surface area contributed by atoms with E-state index in [9.17, 15) is 0 Å². The number of rotatable bonds is 0. The Morgan fingerprint density at radius 1 is 1.00 bits per heavy atom. The van der Waals surface area contributed by atoms with Crippen molar-refractivity contribution in [2.45, 2.75) is 0 Å². The molecule has 0 spiro atoms. The van der Waals surface area contributed by atoms with Crippen molar-refractivity contribution in [2.75, 3.05) is 0 Å². The maximum atomic E-state index is 0. The van der Waals surface area contributed by atoms with Crippen LogP contribution in [0.25, 0.3) is 0 Å². The van der Waals surface area contributed by atoms with Crippen LogP contribution in [0.1, 0.15) is 0 Å². The van der Waals surface area contributed by atoms with Crippen molar-refractivity contribution in [1.82, 2.24) is 0 Å². The molecule has 0 aromatic heterocycles. The Balaban J connectivity index is 0. The van der Waals surface area contributed by atoms with Gasteiger partial charge >= 0.3 is 10.1 Å². The molecule has 0 nitrogen and oxygen atoms in total. The molecule has 0 aliphatic rings. The zero-order chi connectivity index (χ0) is 0. The first-order valence-corrected chi connectivity index (χ1v) is 0. The molecule has 0 fully saturated rings. The van der Waals surface area contributed by atoms with Gasteiger partial charge in [0.05, 0.1) is 0 Å². The van der Waals surface area contributed by atoms with Gasteiger partial charge in [0.25, 0.3) is 0 Å². The first kappa shape index (κ1) is 79.0. The summed E-state index contributed by atoms with van der Waals surface area (Å²) in [5, 5.41) is 0. The second-order valence-electron chi connectivity index (χ2n) is 0. The fourth-order valence-corrected chi connectivity index (χ4v) is 0. The Morgan fingerprint density at radius 2 is 1.00 bits per heavy atom. The van der Waals surface area contributed by atoms with E-state index in [-0.39, 0.29) is 88.5 Å². The standard InChI is InChI=1S/Be.Co.Cu.Fe.Ni.H4Si.2H/h;;;;;1H4;;. The molecule has 0 bridgehead atoms. The average molecular weight is 280 g/mol. The molecule has 0 heterocycles. The fourth-order valence-electron chi connectivity index (χ4n) is 0. The topological polar surface area (TPSA) is 0 Å². The molecule has 0 amide bonds. The third-order valence-corrected chi connectivity index (χ3v) is 0. The van der Waals surface area contributed by atoms with Gasteiger partial charge in [0, 0.05) is 67.4 Å². The van der Waals surface area contributed by atoms with Crippen LogP contribution in [0.4, 0.5) is 0 Å². The van der Waals surface area contributed by atoms with E-state index in [0.29, 0.717) is 0 Å². The summed E-state index contributed by atoms with van der Waals surface area (Å²) in [7, 11) is 0. The summed E-state index contributed by atoms with van der Waals surface area (Å²) in [4.78, 5) is 0. The van der Waals surface area contributed by atoms with E-state index >= 15 is 0 Å². The van der Waals surface area contributed by atoms with Gasteiger partial charge in [-0.2, -0.15) is 0 Å². The molecule has 0 aliphatic carbocycles. The molecule has 0 saturated heterocycles. The molecule has 0 aromatic rings. The molecule has 0 saturated carbocycles. The molecule has 0 rings (SSSR count). The number of hydrogen-bond donors (Lipinski definition) is 0. The summed E-state index contributed by atoms with van der Waals surface area (Å²) >= 11 is 0. The van der Waals surface area contributed by atoms with Gasteiger partial charge in [0.2, 0.25) is 0 Å². The minimum Gasteiger partial charge on any atom is -0.0149 e. The van der Waals surface area contributed by atoms with Crippen molar-refractivity contribution in [2.24, 2.45) is 0 Å². The fraction of sp³-hybridized carbons (Fsp3) is 0. The quantitative estimate of drug-likeness (QED) is 0.435. The van der Waals surface area contributed by atoms with Crippen LogP contribution in [-0.4, -0.2) is 21.1 Å². The Morgan fingerprint density at radius 3 is 1.00 bits per heavy atom. The molecule has 0 unspecified atom stereocenters. The van der Waals surface area contributed by atoms with Gasteiger partial charge in [-0.1, -0.05) is 0 Å². The van der Waals surface area contributed by atoms with Crippen molar-refractivity contribution in [3.63, 3.8) is 0 Å². The van der Waals surface area contributed by atoms with E-state index < -0.39 is 0 Å². The molecule has 0 aliphatic heterocycles. The average Bonchev–Trinajstić information content (AvgIpc) is 0. The van der Waals surface area contributed by atoms with Crippen LogP contribution in [0.5, 0.6) is 0 Å². The first-order chi connectivity index (χ1) is 0. The Bertz CT molecular complexity index is 15.5. The van der Waals surface area contributed by atoms with Gasteiger partial charge in [0.15, 0.2) is 0 Å². The molecule has 6 heteroatoms. The molecule has 0 N–H and O–H groups in total. The van der Waals surface area contributed by atoms with E-state index in [0.717, 1.165) is 0 Å². The second kappa shape index (κ2) is 52.1. The summed E-state index contributed by atoms with van der Waals surface area (Å²) in [5.74, 6) is 0. The summed E-state index contributed by atoms with van der Waals surface area (Å²) in [6, 6.07) is 0. The normalized spacial score (nSPS) is 0. The molecule has 6 heavy (non-hydrogen) atoms. The van der Waals surface area contributed by atoms with Gasteiger partial charge in [-0.15, -0.1) is 0 Å². The first-order valence-electron chi connectivity index (χ1n) is 0. The molecule has 0 aromatic carbocycles. The molecular formula is H6BeCoCuFeNiSi. The van der Waals surface area contributed by atoms with E-state index in [2.05, 4.69) is 0 Å². The predicted octanol–water partition coefficient (Wildman–Crippen LogP) is -2.38. The third kappa shape index (κ3) is 32.2. The van der Waals surface area contributed by atoms with E-state index in [1.807, 2.05) is 0 Å².